The van der Waals surface area contributed by atoms with E-state index in [1.165, 1.54) is 22.6 Å². The Balaban J connectivity index is 1.87. The summed E-state index contributed by atoms with van der Waals surface area (Å²) >= 11 is 4.52. The molecule has 1 N–H and O–H groups in total. The van der Waals surface area contributed by atoms with Crippen LogP contribution in [-0.2, 0) is 14.8 Å². The van der Waals surface area contributed by atoms with Crippen LogP contribution in [0.2, 0.25) is 0 Å². The minimum atomic E-state index is -3.37. The zero-order chi connectivity index (χ0) is 15.5. The van der Waals surface area contributed by atoms with Gasteiger partial charge in [0.25, 0.3) is 10.0 Å². The second-order valence-corrected chi connectivity index (χ2v) is 9.42. The average molecular weight is 396 g/mol. The van der Waals surface area contributed by atoms with Crippen LogP contribution < -0.4 is 5.32 Å². The summed E-state index contributed by atoms with van der Waals surface area (Å²) in [6.45, 7) is 5.17. The minimum Gasteiger partial charge on any atom is -0.355 e. The number of carbonyl (C=O) groups excluding carboxylic acids is 1. The number of rotatable bonds is 5. The normalized spacial score (nSPS) is 17.8. The molecule has 21 heavy (non-hydrogen) atoms. The molecule has 1 aromatic rings. The quantitative estimate of drug-likeness (QED) is 0.805. The zero-order valence-electron chi connectivity index (χ0n) is 11.7. The third-order valence-electron chi connectivity index (χ3n) is 3.28. The van der Waals surface area contributed by atoms with E-state index in [9.17, 15) is 13.2 Å². The van der Waals surface area contributed by atoms with E-state index in [-0.39, 0.29) is 5.91 Å². The van der Waals surface area contributed by atoms with E-state index >= 15 is 0 Å². The van der Waals surface area contributed by atoms with Gasteiger partial charge in [0.15, 0.2) is 0 Å². The molecule has 9 heteroatoms. The minimum absolute atomic E-state index is 0.0421. The topological polar surface area (TPSA) is 69.7 Å². The summed E-state index contributed by atoms with van der Waals surface area (Å²) < 4.78 is 27.6. The van der Waals surface area contributed by atoms with E-state index in [0.717, 1.165) is 10.3 Å². The number of nitrogens with one attached hydrogen (secondary N) is 1. The summed E-state index contributed by atoms with van der Waals surface area (Å²) in [5, 5.41) is 2.75. The highest BCUT2D eigenvalue weighted by Gasteiger charge is 2.29. The van der Waals surface area contributed by atoms with Crippen LogP contribution in [0, 0.1) is 0 Å². The lowest BCUT2D eigenvalue weighted by Gasteiger charge is -2.33. The van der Waals surface area contributed by atoms with Gasteiger partial charge in [-0.2, -0.15) is 4.31 Å². The van der Waals surface area contributed by atoms with Gasteiger partial charge in [-0.15, -0.1) is 11.3 Å². The lowest BCUT2D eigenvalue weighted by Crippen LogP contribution is -2.49. The molecule has 0 unspecified atom stereocenters. The number of hydrogen-bond donors (Lipinski definition) is 1. The van der Waals surface area contributed by atoms with Gasteiger partial charge in [-0.25, -0.2) is 8.42 Å². The molecule has 0 saturated carbocycles. The third kappa shape index (κ3) is 4.49. The van der Waals surface area contributed by atoms with Crippen molar-refractivity contribution in [1.29, 1.82) is 0 Å². The van der Waals surface area contributed by atoms with Gasteiger partial charge in [0, 0.05) is 46.2 Å². The number of nitrogens with zero attached hydrogens (tertiary/aromatic N) is 2. The van der Waals surface area contributed by atoms with Gasteiger partial charge < -0.3 is 5.32 Å². The van der Waals surface area contributed by atoms with Gasteiger partial charge in [0.2, 0.25) is 5.91 Å². The van der Waals surface area contributed by atoms with Crippen molar-refractivity contribution in [3.05, 3.63) is 15.9 Å². The van der Waals surface area contributed by atoms with Crippen molar-refractivity contribution >= 4 is 43.2 Å². The van der Waals surface area contributed by atoms with E-state index < -0.39 is 10.0 Å². The Morgan fingerprint density at radius 1 is 1.33 bits per heavy atom. The van der Waals surface area contributed by atoms with Crippen LogP contribution in [0.4, 0.5) is 0 Å². The highest BCUT2D eigenvalue weighted by molar-refractivity contribution is 9.11. The van der Waals surface area contributed by atoms with Gasteiger partial charge in [-0.3, -0.25) is 9.69 Å². The second-order valence-electron chi connectivity index (χ2n) is 4.79. The largest absolute Gasteiger partial charge is 0.355 e. The number of sulfonamides is 1. The molecule has 2 heterocycles. The van der Waals surface area contributed by atoms with E-state index in [4.69, 9.17) is 0 Å². The Bertz CT molecular complexity index is 595. The molecule has 0 aliphatic carbocycles. The molecular weight excluding hydrogens is 378 g/mol. The number of carbonyl (C=O) groups is 1. The molecule has 1 aliphatic rings. The monoisotopic (exact) mass is 395 g/mol. The fraction of sp³-hybridized carbons (Fsp3) is 0.583. The number of piperazine rings is 1. The molecule has 0 radical (unpaired) electrons. The fourth-order valence-corrected chi connectivity index (χ4v) is 5.73. The number of thiophene rings is 1. The number of hydrogen-bond acceptors (Lipinski definition) is 5. The molecule has 0 bridgehead atoms. The van der Waals surface area contributed by atoms with Gasteiger partial charge in [0.05, 0.1) is 3.79 Å². The van der Waals surface area contributed by atoms with Gasteiger partial charge in [-0.1, -0.05) is 0 Å². The molecule has 1 aromatic heterocycles. The predicted octanol–water partition coefficient (Wildman–Crippen LogP) is 0.953. The van der Waals surface area contributed by atoms with Crippen LogP contribution in [-0.4, -0.2) is 62.8 Å². The molecule has 1 fully saturated rings. The van der Waals surface area contributed by atoms with E-state index in [1.54, 1.807) is 12.1 Å². The van der Waals surface area contributed by atoms with Crippen molar-refractivity contribution in [3.8, 4) is 0 Å². The van der Waals surface area contributed by atoms with Gasteiger partial charge >= 0.3 is 0 Å². The maximum Gasteiger partial charge on any atom is 0.252 e. The van der Waals surface area contributed by atoms with Crippen molar-refractivity contribution < 1.29 is 13.2 Å². The number of halogens is 1. The van der Waals surface area contributed by atoms with Crippen molar-refractivity contribution in [1.82, 2.24) is 14.5 Å². The highest BCUT2D eigenvalue weighted by atomic mass is 79.9. The first-order valence-corrected chi connectivity index (χ1v) is 9.67. The summed E-state index contributed by atoms with van der Waals surface area (Å²) in [7, 11) is -3.37. The van der Waals surface area contributed by atoms with Crippen LogP contribution in [0.25, 0.3) is 0 Å². The lowest BCUT2D eigenvalue weighted by molar-refractivity contribution is -0.119. The summed E-state index contributed by atoms with van der Waals surface area (Å²) in [4.78, 5) is 13.0. The third-order valence-corrected chi connectivity index (χ3v) is 7.27. The van der Waals surface area contributed by atoms with Crippen LogP contribution in [0.5, 0.6) is 0 Å². The van der Waals surface area contributed by atoms with Crippen molar-refractivity contribution in [2.45, 2.75) is 11.1 Å². The molecule has 1 aliphatic heterocycles. The molecule has 2 rings (SSSR count). The van der Waals surface area contributed by atoms with Gasteiger partial charge in [0.1, 0.15) is 4.21 Å². The SMILES string of the molecule is CC(=O)NCCN1CCN(S(=O)(=O)c2ccc(Br)s2)CC1. The zero-order valence-corrected chi connectivity index (χ0v) is 14.9. The lowest BCUT2D eigenvalue weighted by atomic mass is 10.3. The van der Waals surface area contributed by atoms with Crippen molar-refractivity contribution in [2.75, 3.05) is 39.3 Å². The summed E-state index contributed by atoms with van der Waals surface area (Å²) in [6, 6.07) is 3.38. The molecule has 0 atom stereocenters. The first-order chi connectivity index (χ1) is 9.89. The standard InChI is InChI=1S/C12H18BrN3O3S2/c1-10(17)14-4-5-15-6-8-16(9-7-15)21(18,19)12-3-2-11(13)20-12/h2-3H,4-9H2,1H3,(H,14,17). The van der Waals surface area contributed by atoms with Crippen molar-refractivity contribution in [2.24, 2.45) is 0 Å². The Hall–Kier alpha value is -0.480. The maximum atomic E-state index is 12.5. The average Bonchev–Trinajstić information content (AvgIpc) is 2.86. The van der Waals surface area contributed by atoms with Crippen LogP contribution in [0.15, 0.2) is 20.1 Å². The molecule has 118 valence electrons. The molecule has 1 saturated heterocycles. The first kappa shape index (κ1) is 16.9. The van der Waals surface area contributed by atoms with E-state index in [1.807, 2.05) is 0 Å². The van der Waals surface area contributed by atoms with Crippen LogP contribution in [0.1, 0.15) is 6.92 Å². The van der Waals surface area contributed by atoms with E-state index in [0.29, 0.717) is 36.9 Å². The predicted molar refractivity (Wildman–Crippen MR) is 85.9 cm³/mol. The summed E-state index contributed by atoms with van der Waals surface area (Å²) in [5.74, 6) is -0.0421. The summed E-state index contributed by atoms with van der Waals surface area (Å²) in [5.41, 5.74) is 0. The molecule has 0 aromatic carbocycles. The smallest absolute Gasteiger partial charge is 0.252 e. The second kappa shape index (κ2) is 7.19. The molecule has 6 nitrogen and oxygen atoms in total. The fourth-order valence-electron chi connectivity index (χ4n) is 2.15. The maximum absolute atomic E-state index is 12.5. The van der Waals surface area contributed by atoms with Gasteiger partial charge in [-0.05, 0) is 28.1 Å². The Labute approximate surface area is 137 Å². The highest BCUT2D eigenvalue weighted by Crippen LogP contribution is 2.28. The summed E-state index contributed by atoms with van der Waals surface area (Å²) in [6.07, 6.45) is 0. The van der Waals surface area contributed by atoms with E-state index in [2.05, 4.69) is 26.1 Å². The Kier molecular flexibility index (Phi) is 5.78. The first-order valence-electron chi connectivity index (χ1n) is 6.62. The van der Waals surface area contributed by atoms with Crippen LogP contribution in [0.3, 0.4) is 0 Å². The molecule has 0 spiro atoms. The Morgan fingerprint density at radius 2 is 2.00 bits per heavy atom. The Morgan fingerprint density at radius 3 is 2.52 bits per heavy atom. The molecular formula is C12H18BrN3O3S2. The van der Waals surface area contributed by atoms with Crippen LogP contribution >= 0.6 is 27.3 Å². The molecule has 1 amide bonds. The number of amides is 1. The van der Waals surface area contributed by atoms with Crippen molar-refractivity contribution in [3.63, 3.8) is 0 Å².